The smallest absolute Gasteiger partial charge is 0.222 e. The highest BCUT2D eigenvalue weighted by molar-refractivity contribution is 5.94. The van der Waals surface area contributed by atoms with Gasteiger partial charge in [0.15, 0.2) is 0 Å². The molecular formula is C16H24N4O. The third kappa shape index (κ3) is 3.97. The number of nitrogens with two attached hydrogens (primary N) is 2. The molecule has 1 unspecified atom stereocenters. The van der Waals surface area contributed by atoms with Gasteiger partial charge in [-0.05, 0) is 31.9 Å². The summed E-state index contributed by atoms with van der Waals surface area (Å²) < 4.78 is 6.03. The number of hydrogen-bond donors (Lipinski definition) is 2. The number of nitrogens with zero attached hydrogens (tertiary/aromatic N) is 2. The zero-order chi connectivity index (χ0) is 15.2. The largest absolute Gasteiger partial charge is 0.490 e. The van der Waals surface area contributed by atoms with Crippen molar-refractivity contribution in [2.24, 2.45) is 0 Å². The Morgan fingerprint density at radius 1 is 1.14 bits per heavy atom. The van der Waals surface area contributed by atoms with Crippen molar-refractivity contribution >= 4 is 22.7 Å². The molecule has 4 N–H and O–H groups in total. The van der Waals surface area contributed by atoms with Crippen molar-refractivity contribution in [2.75, 3.05) is 11.5 Å². The number of unbranched alkanes of at least 4 members (excludes halogenated alkanes) is 3. The summed E-state index contributed by atoms with van der Waals surface area (Å²) in [6, 6.07) is 5.66. The van der Waals surface area contributed by atoms with E-state index in [1.165, 1.54) is 25.7 Å². The number of anilines is 2. The van der Waals surface area contributed by atoms with E-state index in [9.17, 15) is 0 Å². The lowest BCUT2D eigenvalue weighted by Gasteiger charge is -2.16. The van der Waals surface area contributed by atoms with Gasteiger partial charge in [0.1, 0.15) is 11.6 Å². The molecule has 2 aromatic rings. The summed E-state index contributed by atoms with van der Waals surface area (Å²) in [5, 5.41) is 0.743. The molecule has 0 aliphatic heterocycles. The molecule has 0 aliphatic rings. The van der Waals surface area contributed by atoms with Crippen LogP contribution in [0.15, 0.2) is 18.2 Å². The average molecular weight is 288 g/mol. The molecule has 1 aromatic heterocycles. The summed E-state index contributed by atoms with van der Waals surface area (Å²) in [7, 11) is 0. The summed E-state index contributed by atoms with van der Waals surface area (Å²) >= 11 is 0. The predicted octanol–water partition coefficient (Wildman–Crippen LogP) is 3.53. The Hall–Kier alpha value is -2.04. The van der Waals surface area contributed by atoms with E-state index in [-0.39, 0.29) is 12.1 Å². The summed E-state index contributed by atoms with van der Waals surface area (Å²) in [5.41, 5.74) is 12.3. The van der Waals surface area contributed by atoms with Crippen molar-refractivity contribution in [2.45, 2.75) is 52.1 Å². The van der Waals surface area contributed by atoms with Crippen molar-refractivity contribution in [3.05, 3.63) is 18.2 Å². The van der Waals surface area contributed by atoms with E-state index < -0.39 is 0 Å². The Balaban J connectivity index is 2.11. The fraction of sp³-hybridized carbons (Fsp3) is 0.500. The maximum Gasteiger partial charge on any atom is 0.222 e. The highest BCUT2D eigenvalue weighted by Crippen LogP contribution is 2.30. The van der Waals surface area contributed by atoms with E-state index in [2.05, 4.69) is 23.8 Å². The lowest BCUT2D eigenvalue weighted by atomic mass is 10.1. The van der Waals surface area contributed by atoms with Crippen molar-refractivity contribution in [3.8, 4) is 5.75 Å². The molecule has 0 radical (unpaired) electrons. The van der Waals surface area contributed by atoms with Gasteiger partial charge in [-0.15, -0.1) is 0 Å². The van der Waals surface area contributed by atoms with Crippen LogP contribution < -0.4 is 16.2 Å². The monoisotopic (exact) mass is 288 g/mol. The topological polar surface area (TPSA) is 87.0 Å². The third-order valence-corrected chi connectivity index (χ3v) is 3.52. The van der Waals surface area contributed by atoms with Gasteiger partial charge in [0, 0.05) is 0 Å². The zero-order valence-electron chi connectivity index (χ0n) is 12.8. The van der Waals surface area contributed by atoms with Gasteiger partial charge in [0.2, 0.25) is 5.95 Å². The molecule has 2 rings (SSSR count). The van der Waals surface area contributed by atoms with Gasteiger partial charge in [0.05, 0.1) is 17.0 Å². The maximum absolute atomic E-state index is 6.03. The average Bonchev–Trinajstić information content (AvgIpc) is 2.43. The van der Waals surface area contributed by atoms with E-state index in [1.54, 1.807) is 0 Å². The third-order valence-electron chi connectivity index (χ3n) is 3.52. The van der Waals surface area contributed by atoms with Crippen LogP contribution in [-0.2, 0) is 0 Å². The predicted molar refractivity (Wildman–Crippen MR) is 87.2 cm³/mol. The van der Waals surface area contributed by atoms with Crippen LogP contribution in [-0.4, -0.2) is 16.1 Å². The Morgan fingerprint density at radius 2 is 1.95 bits per heavy atom. The first-order chi connectivity index (χ1) is 10.1. The number of hydrogen-bond acceptors (Lipinski definition) is 5. The minimum atomic E-state index is 0.143. The molecule has 0 amide bonds. The number of aromatic nitrogens is 2. The molecule has 0 saturated heterocycles. The molecule has 1 heterocycles. The molecule has 1 aromatic carbocycles. The molecule has 5 heteroatoms. The van der Waals surface area contributed by atoms with Crippen LogP contribution in [0.2, 0.25) is 0 Å². The molecule has 5 nitrogen and oxygen atoms in total. The van der Waals surface area contributed by atoms with Crippen molar-refractivity contribution in [1.82, 2.24) is 9.97 Å². The minimum absolute atomic E-state index is 0.143. The number of rotatable bonds is 7. The fourth-order valence-electron chi connectivity index (χ4n) is 2.43. The van der Waals surface area contributed by atoms with Crippen LogP contribution in [0, 0.1) is 0 Å². The van der Waals surface area contributed by atoms with Crippen LogP contribution in [0.3, 0.4) is 0 Å². The summed E-state index contributed by atoms with van der Waals surface area (Å²) in [5.74, 6) is 1.28. The molecule has 0 spiro atoms. The molecule has 0 fully saturated rings. The van der Waals surface area contributed by atoms with Crippen LogP contribution in [0.5, 0.6) is 5.75 Å². The molecule has 21 heavy (non-hydrogen) atoms. The van der Waals surface area contributed by atoms with Crippen molar-refractivity contribution in [1.29, 1.82) is 0 Å². The minimum Gasteiger partial charge on any atom is -0.490 e. The van der Waals surface area contributed by atoms with Crippen LogP contribution in [0.1, 0.15) is 46.0 Å². The second-order valence-electron chi connectivity index (χ2n) is 5.40. The van der Waals surface area contributed by atoms with Gasteiger partial charge in [-0.3, -0.25) is 0 Å². The molecule has 0 saturated carbocycles. The first-order valence-electron chi connectivity index (χ1n) is 7.60. The van der Waals surface area contributed by atoms with Crippen LogP contribution in [0.25, 0.3) is 10.9 Å². The lowest BCUT2D eigenvalue weighted by Crippen LogP contribution is -2.12. The highest BCUT2D eigenvalue weighted by Gasteiger charge is 2.12. The van der Waals surface area contributed by atoms with Gasteiger partial charge in [-0.1, -0.05) is 32.3 Å². The first kappa shape index (κ1) is 15.4. The number of ether oxygens (including phenoxy) is 1. The fourth-order valence-corrected chi connectivity index (χ4v) is 2.43. The van der Waals surface area contributed by atoms with Gasteiger partial charge in [0.25, 0.3) is 0 Å². The molecule has 114 valence electrons. The van der Waals surface area contributed by atoms with Crippen molar-refractivity contribution < 1.29 is 4.74 Å². The van der Waals surface area contributed by atoms with Crippen LogP contribution in [0.4, 0.5) is 11.8 Å². The quantitative estimate of drug-likeness (QED) is 0.761. The second kappa shape index (κ2) is 7.11. The van der Waals surface area contributed by atoms with Crippen LogP contribution >= 0.6 is 0 Å². The normalized spacial score (nSPS) is 12.5. The summed E-state index contributed by atoms with van der Waals surface area (Å²) in [6.07, 6.45) is 6.13. The van der Waals surface area contributed by atoms with E-state index >= 15 is 0 Å². The van der Waals surface area contributed by atoms with E-state index in [0.29, 0.717) is 5.82 Å². The zero-order valence-corrected chi connectivity index (χ0v) is 12.8. The van der Waals surface area contributed by atoms with Gasteiger partial charge >= 0.3 is 0 Å². The second-order valence-corrected chi connectivity index (χ2v) is 5.40. The molecule has 1 atom stereocenters. The lowest BCUT2D eigenvalue weighted by molar-refractivity contribution is 0.209. The first-order valence-corrected chi connectivity index (χ1v) is 7.60. The Bertz CT molecular complexity index is 600. The molecule has 0 bridgehead atoms. The molecular weight excluding hydrogens is 264 g/mol. The molecule has 0 aliphatic carbocycles. The van der Waals surface area contributed by atoms with Crippen molar-refractivity contribution in [3.63, 3.8) is 0 Å². The van der Waals surface area contributed by atoms with Gasteiger partial charge in [-0.2, -0.15) is 4.98 Å². The number of nitrogen functional groups attached to an aromatic ring is 2. The standard InChI is InChI=1S/C16H24N4O/c1-3-4-5-6-8-11(2)21-13-10-7-9-12-14(13)15(17)20-16(18)19-12/h7,9-11H,3-6,8H2,1-2H3,(H4,17,18,19,20). The van der Waals surface area contributed by atoms with E-state index in [1.807, 2.05) is 18.2 Å². The highest BCUT2D eigenvalue weighted by atomic mass is 16.5. The Labute approximate surface area is 125 Å². The van der Waals surface area contributed by atoms with Gasteiger partial charge in [-0.25, -0.2) is 4.98 Å². The maximum atomic E-state index is 6.03. The van der Waals surface area contributed by atoms with Gasteiger partial charge < -0.3 is 16.2 Å². The van der Waals surface area contributed by atoms with E-state index in [0.717, 1.165) is 23.1 Å². The Morgan fingerprint density at radius 3 is 2.71 bits per heavy atom. The summed E-state index contributed by atoms with van der Waals surface area (Å²) in [6.45, 7) is 4.30. The number of fused-ring (bicyclic) bond motifs is 1. The number of benzene rings is 1. The van der Waals surface area contributed by atoms with E-state index in [4.69, 9.17) is 16.2 Å². The SMILES string of the molecule is CCCCCCC(C)Oc1cccc2nc(N)nc(N)c12. The Kier molecular flexibility index (Phi) is 5.20. The summed E-state index contributed by atoms with van der Waals surface area (Å²) in [4.78, 5) is 8.22.